The highest BCUT2D eigenvalue weighted by molar-refractivity contribution is 6.62. The van der Waals surface area contributed by atoms with Crippen molar-refractivity contribution in [3.63, 3.8) is 0 Å². The third-order valence-electron chi connectivity index (χ3n) is 3.85. The molecule has 2 heterocycles. The van der Waals surface area contributed by atoms with Gasteiger partial charge in [-0.2, -0.15) is 0 Å². The summed E-state index contributed by atoms with van der Waals surface area (Å²) >= 11 is 0. The van der Waals surface area contributed by atoms with Crippen molar-refractivity contribution in [2.75, 3.05) is 0 Å². The lowest BCUT2D eigenvalue weighted by Crippen LogP contribution is -2.41. The zero-order chi connectivity index (χ0) is 14.4. The summed E-state index contributed by atoms with van der Waals surface area (Å²) in [4.78, 5) is 3.91. The van der Waals surface area contributed by atoms with E-state index in [2.05, 4.69) is 4.98 Å². The van der Waals surface area contributed by atoms with Gasteiger partial charge in [0.25, 0.3) is 6.43 Å². The standard InChI is InChI=1S/C13H18BF2NO2/c1-8-6-10(9(7-17-8)11(15)16)14-18-12(2,3)13(4,5)19-14/h6-7,11H,1-5H3. The molecule has 1 aromatic heterocycles. The molecule has 0 bridgehead atoms. The largest absolute Gasteiger partial charge is 0.495 e. The lowest BCUT2D eigenvalue weighted by molar-refractivity contribution is 0.00578. The first-order valence-corrected chi connectivity index (χ1v) is 6.24. The van der Waals surface area contributed by atoms with Gasteiger partial charge in [-0.05, 0) is 46.1 Å². The van der Waals surface area contributed by atoms with Gasteiger partial charge in [-0.15, -0.1) is 0 Å². The van der Waals surface area contributed by atoms with E-state index in [1.54, 1.807) is 13.0 Å². The summed E-state index contributed by atoms with van der Waals surface area (Å²) in [5.41, 5.74) is -0.206. The fraction of sp³-hybridized carbons (Fsp3) is 0.615. The second kappa shape index (κ2) is 4.53. The third kappa shape index (κ3) is 2.51. The number of hydrogen-bond acceptors (Lipinski definition) is 3. The number of rotatable bonds is 2. The van der Waals surface area contributed by atoms with Crippen LogP contribution in [0.25, 0.3) is 0 Å². The van der Waals surface area contributed by atoms with E-state index in [9.17, 15) is 8.78 Å². The second-order valence-corrected chi connectivity index (χ2v) is 5.84. The van der Waals surface area contributed by atoms with Crippen LogP contribution in [0.5, 0.6) is 0 Å². The second-order valence-electron chi connectivity index (χ2n) is 5.84. The van der Waals surface area contributed by atoms with Crippen LogP contribution in [0.2, 0.25) is 0 Å². The van der Waals surface area contributed by atoms with E-state index in [-0.39, 0.29) is 5.56 Å². The molecule has 0 unspecified atom stereocenters. The molecule has 0 aliphatic carbocycles. The normalized spacial score (nSPS) is 21.2. The fourth-order valence-electron chi connectivity index (χ4n) is 1.95. The van der Waals surface area contributed by atoms with Crippen molar-refractivity contribution < 1.29 is 18.1 Å². The van der Waals surface area contributed by atoms with Gasteiger partial charge in [0.2, 0.25) is 0 Å². The zero-order valence-corrected chi connectivity index (χ0v) is 11.8. The molecular formula is C13H18BF2NO2. The lowest BCUT2D eigenvalue weighted by Gasteiger charge is -2.32. The van der Waals surface area contributed by atoms with E-state index >= 15 is 0 Å². The van der Waals surface area contributed by atoms with Gasteiger partial charge in [0.15, 0.2) is 0 Å². The van der Waals surface area contributed by atoms with E-state index in [0.717, 1.165) is 0 Å². The number of nitrogens with zero attached hydrogens (tertiary/aromatic N) is 1. The first-order chi connectivity index (χ1) is 8.64. The fourth-order valence-corrected chi connectivity index (χ4v) is 1.95. The van der Waals surface area contributed by atoms with Crippen LogP contribution in [-0.4, -0.2) is 23.3 Å². The van der Waals surface area contributed by atoms with E-state index in [4.69, 9.17) is 9.31 Å². The molecule has 1 aliphatic rings. The minimum Gasteiger partial charge on any atom is -0.399 e. The smallest absolute Gasteiger partial charge is 0.399 e. The van der Waals surface area contributed by atoms with Crippen LogP contribution in [0.3, 0.4) is 0 Å². The zero-order valence-electron chi connectivity index (χ0n) is 11.8. The van der Waals surface area contributed by atoms with Crippen molar-refractivity contribution >= 4 is 12.6 Å². The van der Waals surface area contributed by atoms with Gasteiger partial charge in [0.05, 0.1) is 11.2 Å². The quantitative estimate of drug-likeness (QED) is 0.773. The summed E-state index contributed by atoms with van der Waals surface area (Å²) in [7, 11) is -0.782. The third-order valence-corrected chi connectivity index (χ3v) is 3.85. The van der Waals surface area contributed by atoms with E-state index in [1.807, 2.05) is 27.7 Å². The van der Waals surface area contributed by atoms with Crippen molar-refractivity contribution in [1.29, 1.82) is 0 Å². The minimum atomic E-state index is -2.60. The molecule has 0 N–H and O–H groups in total. The summed E-state index contributed by atoms with van der Waals surface area (Å²) in [6.07, 6.45) is -1.40. The first kappa shape index (κ1) is 14.4. The average molecular weight is 269 g/mol. The predicted octanol–water partition coefficient (Wildman–Crippen LogP) is 2.63. The lowest BCUT2D eigenvalue weighted by atomic mass is 9.76. The highest BCUT2D eigenvalue weighted by Gasteiger charge is 2.52. The molecule has 0 radical (unpaired) electrons. The van der Waals surface area contributed by atoms with Gasteiger partial charge in [-0.1, -0.05) is 0 Å². The Hall–Kier alpha value is -1.01. The van der Waals surface area contributed by atoms with Crippen LogP contribution in [0.15, 0.2) is 12.3 Å². The van der Waals surface area contributed by atoms with Crippen molar-refractivity contribution in [3.8, 4) is 0 Å². The van der Waals surface area contributed by atoms with Crippen LogP contribution in [0.1, 0.15) is 45.4 Å². The molecule has 1 aliphatic heterocycles. The Labute approximate surface area is 112 Å². The molecule has 1 aromatic rings. The first-order valence-electron chi connectivity index (χ1n) is 6.24. The number of pyridine rings is 1. The highest BCUT2D eigenvalue weighted by atomic mass is 19.3. The van der Waals surface area contributed by atoms with Crippen LogP contribution >= 0.6 is 0 Å². The molecule has 2 rings (SSSR count). The topological polar surface area (TPSA) is 31.4 Å². The van der Waals surface area contributed by atoms with Crippen molar-refractivity contribution in [2.24, 2.45) is 0 Å². The number of alkyl halides is 2. The average Bonchev–Trinajstić information content (AvgIpc) is 2.47. The van der Waals surface area contributed by atoms with Gasteiger partial charge in [-0.25, -0.2) is 8.78 Å². The molecule has 1 saturated heterocycles. The summed E-state index contributed by atoms with van der Waals surface area (Å²) < 4.78 is 37.7. The molecule has 0 aromatic carbocycles. The number of halogens is 2. The van der Waals surface area contributed by atoms with E-state index in [1.165, 1.54) is 6.20 Å². The summed E-state index contributed by atoms with van der Waals surface area (Å²) in [6, 6.07) is 1.60. The van der Waals surface area contributed by atoms with E-state index < -0.39 is 24.7 Å². The van der Waals surface area contributed by atoms with Crippen LogP contribution < -0.4 is 5.46 Å². The summed E-state index contributed by atoms with van der Waals surface area (Å²) in [5.74, 6) is 0. The molecule has 19 heavy (non-hydrogen) atoms. The number of aryl methyl sites for hydroxylation is 1. The molecule has 6 heteroatoms. The molecule has 0 amide bonds. The SMILES string of the molecule is Cc1cc(B2OC(C)(C)C(C)(C)O2)c(C(F)F)cn1. The highest BCUT2D eigenvalue weighted by Crippen LogP contribution is 2.37. The monoisotopic (exact) mass is 269 g/mol. The van der Waals surface area contributed by atoms with Crippen molar-refractivity contribution in [1.82, 2.24) is 4.98 Å². The maximum Gasteiger partial charge on any atom is 0.495 e. The Morgan fingerprint density at radius 1 is 1.16 bits per heavy atom. The Bertz CT molecular complexity index is 476. The Morgan fingerprint density at radius 3 is 2.16 bits per heavy atom. The Balaban J connectivity index is 2.41. The maximum atomic E-state index is 13.0. The Morgan fingerprint density at radius 2 is 1.68 bits per heavy atom. The van der Waals surface area contributed by atoms with Gasteiger partial charge in [0, 0.05) is 17.5 Å². The summed E-state index contributed by atoms with van der Waals surface area (Å²) in [6.45, 7) is 9.32. The molecule has 0 saturated carbocycles. The van der Waals surface area contributed by atoms with Crippen LogP contribution in [-0.2, 0) is 9.31 Å². The molecular weight excluding hydrogens is 251 g/mol. The molecule has 3 nitrogen and oxygen atoms in total. The van der Waals surface area contributed by atoms with Gasteiger partial charge < -0.3 is 9.31 Å². The van der Waals surface area contributed by atoms with Crippen molar-refractivity contribution in [3.05, 3.63) is 23.5 Å². The van der Waals surface area contributed by atoms with Gasteiger partial charge in [-0.3, -0.25) is 4.98 Å². The van der Waals surface area contributed by atoms with Crippen LogP contribution in [0, 0.1) is 6.92 Å². The Kier molecular flexibility index (Phi) is 3.43. The van der Waals surface area contributed by atoms with Gasteiger partial charge >= 0.3 is 7.12 Å². The maximum absolute atomic E-state index is 13.0. The predicted molar refractivity (Wildman–Crippen MR) is 69.6 cm³/mol. The summed E-state index contributed by atoms with van der Waals surface area (Å²) in [5, 5.41) is 0. The van der Waals surface area contributed by atoms with E-state index in [0.29, 0.717) is 11.2 Å². The molecule has 1 fully saturated rings. The molecule has 0 spiro atoms. The molecule has 0 atom stereocenters. The molecule has 104 valence electrons. The van der Waals surface area contributed by atoms with Gasteiger partial charge in [0.1, 0.15) is 0 Å². The van der Waals surface area contributed by atoms with Crippen LogP contribution in [0.4, 0.5) is 8.78 Å². The van der Waals surface area contributed by atoms with Crippen molar-refractivity contribution in [2.45, 2.75) is 52.2 Å². The number of aromatic nitrogens is 1. The number of hydrogen-bond donors (Lipinski definition) is 0. The minimum absolute atomic E-state index is 0.135.